The zero-order valence-electron chi connectivity index (χ0n) is 14.1. The van der Waals surface area contributed by atoms with Crippen molar-refractivity contribution in [3.05, 3.63) is 76.7 Å². The summed E-state index contributed by atoms with van der Waals surface area (Å²) >= 11 is 6.02. The van der Waals surface area contributed by atoms with Crippen LogP contribution in [-0.2, 0) is 6.42 Å². The fraction of sp³-hybridized carbons (Fsp3) is 0.150. The number of hydrogen-bond acceptors (Lipinski definition) is 4. The van der Waals surface area contributed by atoms with Crippen LogP contribution in [0.2, 0.25) is 5.02 Å². The van der Waals surface area contributed by atoms with Crippen molar-refractivity contribution in [3.63, 3.8) is 0 Å². The van der Waals surface area contributed by atoms with Gasteiger partial charge in [-0.3, -0.25) is 0 Å². The molecule has 0 aliphatic rings. The van der Waals surface area contributed by atoms with Gasteiger partial charge in [0, 0.05) is 23.2 Å². The standard InChI is InChI=1S/C20H17ClN2O3/c1-2-26-18-7-6-14(12-16(18)20(24)25)17-8-9-22-19(23-17)11-13-4-3-5-15(21)10-13/h3-10,12H,2,11H2,1H3,(H,24,25). The highest BCUT2D eigenvalue weighted by Gasteiger charge is 2.14. The van der Waals surface area contributed by atoms with E-state index >= 15 is 0 Å². The Balaban J connectivity index is 1.92. The Labute approximate surface area is 156 Å². The van der Waals surface area contributed by atoms with Crippen LogP contribution in [0.5, 0.6) is 5.75 Å². The zero-order chi connectivity index (χ0) is 18.5. The van der Waals surface area contributed by atoms with E-state index in [9.17, 15) is 9.90 Å². The van der Waals surface area contributed by atoms with E-state index in [0.29, 0.717) is 40.9 Å². The highest BCUT2D eigenvalue weighted by molar-refractivity contribution is 6.30. The van der Waals surface area contributed by atoms with Crippen LogP contribution in [0.15, 0.2) is 54.7 Å². The Kier molecular flexibility index (Phi) is 5.49. The van der Waals surface area contributed by atoms with Gasteiger partial charge in [-0.05, 0) is 48.9 Å². The number of rotatable bonds is 6. The predicted octanol–water partition coefficient (Wildman–Crippen LogP) is 4.48. The van der Waals surface area contributed by atoms with Gasteiger partial charge in [0.1, 0.15) is 17.1 Å². The van der Waals surface area contributed by atoms with Crippen molar-refractivity contribution in [1.82, 2.24) is 9.97 Å². The highest BCUT2D eigenvalue weighted by Crippen LogP contribution is 2.26. The summed E-state index contributed by atoms with van der Waals surface area (Å²) in [7, 11) is 0. The molecule has 3 aromatic rings. The van der Waals surface area contributed by atoms with Crippen LogP contribution in [0.25, 0.3) is 11.3 Å². The minimum Gasteiger partial charge on any atom is -0.493 e. The summed E-state index contributed by atoms with van der Waals surface area (Å²) in [6.07, 6.45) is 2.20. The van der Waals surface area contributed by atoms with Gasteiger partial charge in [0.05, 0.1) is 12.3 Å². The second kappa shape index (κ2) is 7.97. The van der Waals surface area contributed by atoms with Crippen LogP contribution >= 0.6 is 11.6 Å². The van der Waals surface area contributed by atoms with Crippen molar-refractivity contribution < 1.29 is 14.6 Å². The lowest BCUT2D eigenvalue weighted by molar-refractivity contribution is 0.0692. The maximum Gasteiger partial charge on any atom is 0.339 e. The molecule has 0 saturated heterocycles. The molecule has 0 aliphatic carbocycles. The van der Waals surface area contributed by atoms with Gasteiger partial charge in [-0.2, -0.15) is 0 Å². The van der Waals surface area contributed by atoms with E-state index in [2.05, 4.69) is 9.97 Å². The molecule has 0 atom stereocenters. The van der Waals surface area contributed by atoms with Gasteiger partial charge in [0.2, 0.25) is 0 Å². The lowest BCUT2D eigenvalue weighted by Gasteiger charge is -2.10. The normalized spacial score (nSPS) is 10.5. The molecular formula is C20H17ClN2O3. The number of nitrogens with zero attached hydrogens (tertiary/aromatic N) is 2. The molecule has 0 unspecified atom stereocenters. The third kappa shape index (κ3) is 4.18. The second-order valence-corrected chi connectivity index (χ2v) is 6.05. The zero-order valence-corrected chi connectivity index (χ0v) is 14.9. The highest BCUT2D eigenvalue weighted by atomic mass is 35.5. The molecule has 0 saturated carbocycles. The van der Waals surface area contributed by atoms with Crippen LogP contribution in [0.4, 0.5) is 0 Å². The molecule has 132 valence electrons. The molecule has 3 rings (SSSR count). The van der Waals surface area contributed by atoms with Gasteiger partial charge in [-0.15, -0.1) is 0 Å². The molecule has 2 aromatic carbocycles. The Morgan fingerprint density at radius 1 is 1.19 bits per heavy atom. The van der Waals surface area contributed by atoms with Gasteiger partial charge in [0.15, 0.2) is 0 Å². The topological polar surface area (TPSA) is 72.3 Å². The maximum atomic E-state index is 11.5. The van der Waals surface area contributed by atoms with E-state index in [0.717, 1.165) is 5.56 Å². The first-order chi connectivity index (χ1) is 12.6. The summed E-state index contributed by atoms with van der Waals surface area (Å²) in [5.74, 6) is -0.0593. The molecule has 26 heavy (non-hydrogen) atoms. The van der Waals surface area contributed by atoms with Crippen molar-refractivity contribution >= 4 is 17.6 Å². The first-order valence-electron chi connectivity index (χ1n) is 8.13. The van der Waals surface area contributed by atoms with Crippen molar-refractivity contribution in [1.29, 1.82) is 0 Å². The Bertz CT molecular complexity index is 944. The molecule has 5 nitrogen and oxygen atoms in total. The Hall–Kier alpha value is -2.92. The number of aromatic nitrogens is 2. The van der Waals surface area contributed by atoms with Gasteiger partial charge in [-0.1, -0.05) is 23.7 Å². The SMILES string of the molecule is CCOc1ccc(-c2ccnc(Cc3cccc(Cl)c3)n2)cc1C(=O)O. The number of carbonyl (C=O) groups is 1. The molecule has 1 N–H and O–H groups in total. The Morgan fingerprint density at radius 3 is 2.77 bits per heavy atom. The third-order valence-corrected chi connectivity index (χ3v) is 4.00. The van der Waals surface area contributed by atoms with E-state index < -0.39 is 5.97 Å². The number of carboxylic acid groups (broad SMARTS) is 1. The molecule has 0 amide bonds. The fourth-order valence-electron chi connectivity index (χ4n) is 2.61. The average molecular weight is 369 g/mol. The van der Waals surface area contributed by atoms with Crippen LogP contribution in [-0.4, -0.2) is 27.7 Å². The summed E-state index contributed by atoms with van der Waals surface area (Å²) in [6.45, 7) is 2.21. The molecule has 6 heteroatoms. The largest absolute Gasteiger partial charge is 0.493 e. The lowest BCUT2D eigenvalue weighted by Crippen LogP contribution is -2.04. The number of hydrogen-bond donors (Lipinski definition) is 1. The molecular weight excluding hydrogens is 352 g/mol. The number of aromatic carboxylic acids is 1. The Morgan fingerprint density at radius 2 is 2.04 bits per heavy atom. The second-order valence-electron chi connectivity index (χ2n) is 5.61. The van der Waals surface area contributed by atoms with Crippen LogP contribution in [0, 0.1) is 0 Å². The van der Waals surface area contributed by atoms with Crippen molar-refractivity contribution in [3.8, 4) is 17.0 Å². The van der Waals surface area contributed by atoms with Crippen LogP contribution in [0.3, 0.4) is 0 Å². The van der Waals surface area contributed by atoms with E-state index in [4.69, 9.17) is 16.3 Å². The molecule has 0 spiro atoms. The van der Waals surface area contributed by atoms with Gasteiger partial charge < -0.3 is 9.84 Å². The minimum absolute atomic E-state index is 0.111. The van der Waals surface area contributed by atoms with Crippen molar-refractivity contribution in [2.75, 3.05) is 6.61 Å². The van der Waals surface area contributed by atoms with Crippen LogP contribution < -0.4 is 4.74 Å². The monoisotopic (exact) mass is 368 g/mol. The molecule has 1 heterocycles. The summed E-state index contributed by atoms with van der Waals surface area (Å²) in [6, 6.07) is 14.3. The van der Waals surface area contributed by atoms with E-state index in [1.807, 2.05) is 31.2 Å². The first kappa shape index (κ1) is 17.9. The van der Waals surface area contributed by atoms with Crippen LogP contribution in [0.1, 0.15) is 28.7 Å². The van der Waals surface area contributed by atoms with E-state index in [1.165, 1.54) is 0 Å². The van der Waals surface area contributed by atoms with Crippen molar-refractivity contribution in [2.24, 2.45) is 0 Å². The quantitative estimate of drug-likeness (QED) is 0.694. The number of benzene rings is 2. The third-order valence-electron chi connectivity index (χ3n) is 3.76. The lowest BCUT2D eigenvalue weighted by atomic mass is 10.1. The number of halogens is 1. The summed E-state index contributed by atoms with van der Waals surface area (Å²) in [5, 5.41) is 10.1. The summed E-state index contributed by atoms with van der Waals surface area (Å²) in [5.41, 5.74) is 2.47. The van der Waals surface area contributed by atoms with E-state index in [1.54, 1.807) is 30.5 Å². The molecule has 0 aliphatic heterocycles. The van der Waals surface area contributed by atoms with Crippen molar-refractivity contribution in [2.45, 2.75) is 13.3 Å². The minimum atomic E-state index is -1.04. The van der Waals surface area contributed by atoms with Gasteiger partial charge >= 0.3 is 5.97 Å². The number of ether oxygens (including phenoxy) is 1. The van der Waals surface area contributed by atoms with E-state index in [-0.39, 0.29) is 5.56 Å². The molecule has 1 aromatic heterocycles. The maximum absolute atomic E-state index is 11.5. The summed E-state index contributed by atoms with van der Waals surface area (Å²) < 4.78 is 5.38. The smallest absolute Gasteiger partial charge is 0.339 e. The first-order valence-corrected chi connectivity index (χ1v) is 8.51. The van der Waals surface area contributed by atoms with Gasteiger partial charge in [-0.25, -0.2) is 14.8 Å². The molecule has 0 bridgehead atoms. The predicted molar refractivity (Wildman–Crippen MR) is 99.9 cm³/mol. The average Bonchev–Trinajstić information content (AvgIpc) is 2.62. The molecule has 0 radical (unpaired) electrons. The van der Waals surface area contributed by atoms with Gasteiger partial charge in [0.25, 0.3) is 0 Å². The summed E-state index contributed by atoms with van der Waals surface area (Å²) in [4.78, 5) is 20.4. The number of carboxylic acids is 1. The fourth-order valence-corrected chi connectivity index (χ4v) is 2.83. The molecule has 0 fully saturated rings.